The molecule has 2 aliphatic rings. The second-order valence-electron chi connectivity index (χ2n) is 9.47. The third kappa shape index (κ3) is 5.49. The van der Waals surface area contributed by atoms with Gasteiger partial charge in [0.15, 0.2) is 0 Å². The molecule has 2 aliphatic heterocycles. The smallest absolute Gasteiger partial charge is 0.451 e. The number of piperazine rings is 1. The van der Waals surface area contributed by atoms with Crippen molar-refractivity contribution in [2.75, 3.05) is 51.3 Å². The summed E-state index contributed by atoms with van der Waals surface area (Å²) in [6.07, 6.45) is -5.65. The van der Waals surface area contributed by atoms with E-state index in [4.69, 9.17) is 16.3 Å². The minimum atomic E-state index is -4.78. The van der Waals surface area contributed by atoms with Crippen LogP contribution in [0.1, 0.15) is 26.5 Å². The van der Waals surface area contributed by atoms with Crippen molar-refractivity contribution in [2.24, 2.45) is 0 Å². The fourth-order valence-electron chi connectivity index (χ4n) is 5.06. The van der Waals surface area contributed by atoms with Crippen LogP contribution in [0, 0.1) is 0 Å². The van der Waals surface area contributed by atoms with Crippen molar-refractivity contribution in [3.8, 4) is 0 Å². The summed E-state index contributed by atoms with van der Waals surface area (Å²) in [5.74, 6) is -2.08. The number of carbonyl (C=O) groups excluding carboxylic acids is 2. The number of alkyl halides is 3. The third-order valence-corrected chi connectivity index (χ3v) is 7.32. The van der Waals surface area contributed by atoms with Crippen LogP contribution >= 0.6 is 11.6 Å². The molecule has 0 radical (unpaired) electrons. The minimum Gasteiger partial charge on any atom is -0.465 e. The predicted octanol–water partition coefficient (Wildman–Crippen LogP) is 3.10. The topological polar surface area (TPSA) is 99.1 Å². The standard InChI is InChI=1S/C26H25ClF3N5O4/c1-39-24(38)16-4-7-19-18(12-16)22(32-25(31-19)26(28,29)30)35-13-20(21(36)14-35)33-8-10-34(11-9-33)23(37)15-2-5-17(27)6-3-15/h2-7,12,20-21,36H,8-11,13-14H2,1H3/t20-,21-/m1/s1. The number of aliphatic hydroxyl groups is 1. The number of ether oxygens (including phenoxy) is 1. The van der Waals surface area contributed by atoms with E-state index >= 15 is 0 Å². The van der Waals surface area contributed by atoms with E-state index in [2.05, 4.69) is 9.97 Å². The van der Waals surface area contributed by atoms with Gasteiger partial charge in [-0.1, -0.05) is 11.6 Å². The Kier molecular flexibility index (Phi) is 7.36. The van der Waals surface area contributed by atoms with Crippen LogP contribution < -0.4 is 4.90 Å². The van der Waals surface area contributed by atoms with Gasteiger partial charge in [0, 0.05) is 55.2 Å². The molecule has 0 bridgehead atoms. The molecule has 1 amide bonds. The largest absolute Gasteiger partial charge is 0.465 e. The first-order chi connectivity index (χ1) is 18.5. The number of fused-ring (bicyclic) bond motifs is 1. The van der Waals surface area contributed by atoms with Crippen molar-refractivity contribution >= 4 is 40.2 Å². The molecule has 9 nitrogen and oxygen atoms in total. The van der Waals surface area contributed by atoms with E-state index in [1.54, 1.807) is 34.1 Å². The molecule has 0 aliphatic carbocycles. The number of benzene rings is 2. The van der Waals surface area contributed by atoms with Gasteiger partial charge in [-0.2, -0.15) is 13.2 Å². The Morgan fingerprint density at radius 1 is 1.00 bits per heavy atom. The van der Waals surface area contributed by atoms with Crippen LogP contribution in [0.5, 0.6) is 0 Å². The summed E-state index contributed by atoms with van der Waals surface area (Å²) in [6, 6.07) is 10.3. The average molecular weight is 564 g/mol. The molecule has 13 heteroatoms. The number of esters is 1. The summed E-state index contributed by atoms with van der Waals surface area (Å²) in [5, 5.41) is 11.7. The van der Waals surface area contributed by atoms with Crippen LogP contribution in [0.4, 0.5) is 19.0 Å². The number of halogens is 4. The van der Waals surface area contributed by atoms with Crippen molar-refractivity contribution in [3.05, 3.63) is 64.4 Å². The van der Waals surface area contributed by atoms with Gasteiger partial charge >= 0.3 is 12.1 Å². The Morgan fingerprint density at radius 2 is 1.67 bits per heavy atom. The molecule has 5 rings (SSSR count). The van der Waals surface area contributed by atoms with Crippen molar-refractivity contribution < 1.29 is 32.6 Å². The molecule has 2 aromatic carbocycles. The first-order valence-corrected chi connectivity index (χ1v) is 12.6. The Bertz CT molecular complexity index is 1400. The summed E-state index contributed by atoms with van der Waals surface area (Å²) in [6.45, 7) is 2.09. The maximum Gasteiger partial charge on any atom is 0.451 e. The number of β-amino-alcohol motifs (C(OH)–C–C–N with tert-alkyl or cyclic N) is 1. The SMILES string of the molecule is COC(=O)c1ccc2nc(C(F)(F)F)nc(N3C[C@@H](O)[C@H](N4CCN(C(=O)c5ccc(Cl)cc5)CC4)C3)c2c1. The molecule has 2 saturated heterocycles. The highest BCUT2D eigenvalue weighted by Crippen LogP contribution is 2.34. The van der Waals surface area contributed by atoms with E-state index in [-0.39, 0.29) is 47.3 Å². The summed E-state index contributed by atoms with van der Waals surface area (Å²) in [4.78, 5) is 37.7. The Morgan fingerprint density at radius 3 is 2.31 bits per heavy atom. The second kappa shape index (κ2) is 10.6. The first kappa shape index (κ1) is 27.1. The Labute approximate surface area is 226 Å². The lowest BCUT2D eigenvalue weighted by molar-refractivity contribution is -0.144. The van der Waals surface area contributed by atoms with Crippen LogP contribution in [-0.2, 0) is 10.9 Å². The fraction of sp³-hybridized carbons (Fsp3) is 0.385. The zero-order valence-corrected chi connectivity index (χ0v) is 21.6. The number of methoxy groups -OCH3 is 1. The molecule has 0 saturated carbocycles. The number of rotatable bonds is 4. The lowest BCUT2D eigenvalue weighted by Gasteiger charge is -2.38. The van der Waals surface area contributed by atoms with Gasteiger partial charge in [0.25, 0.3) is 5.91 Å². The Hall–Kier alpha value is -3.48. The van der Waals surface area contributed by atoms with Gasteiger partial charge in [-0.15, -0.1) is 0 Å². The Balaban J connectivity index is 1.36. The first-order valence-electron chi connectivity index (χ1n) is 12.2. The van der Waals surface area contributed by atoms with Gasteiger partial charge < -0.3 is 19.6 Å². The number of hydrogen-bond acceptors (Lipinski definition) is 8. The summed E-state index contributed by atoms with van der Waals surface area (Å²) in [7, 11) is 1.21. The van der Waals surface area contributed by atoms with Gasteiger partial charge in [0.2, 0.25) is 5.82 Å². The highest BCUT2D eigenvalue weighted by atomic mass is 35.5. The number of hydrogen-bond donors (Lipinski definition) is 1. The van der Waals surface area contributed by atoms with E-state index in [9.17, 15) is 27.9 Å². The van der Waals surface area contributed by atoms with E-state index in [0.717, 1.165) is 0 Å². The monoisotopic (exact) mass is 563 g/mol. The van der Waals surface area contributed by atoms with Crippen LogP contribution in [-0.4, -0.2) is 95.3 Å². The summed E-state index contributed by atoms with van der Waals surface area (Å²) >= 11 is 5.91. The molecule has 1 N–H and O–H groups in total. The lowest BCUT2D eigenvalue weighted by Crippen LogP contribution is -2.54. The van der Waals surface area contributed by atoms with Crippen molar-refractivity contribution in [2.45, 2.75) is 18.3 Å². The number of nitrogens with zero attached hydrogens (tertiary/aromatic N) is 5. The molecule has 1 aromatic heterocycles. The van der Waals surface area contributed by atoms with Crippen LogP contribution in [0.2, 0.25) is 5.02 Å². The zero-order chi connectivity index (χ0) is 27.9. The molecule has 3 heterocycles. The van der Waals surface area contributed by atoms with Crippen LogP contribution in [0.3, 0.4) is 0 Å². The summed E-state index contributed by atoms with van der Waals surface area (Å²) in [5.41, 5.74) is 0.696. The van der Waals surface area contributed by atoms with Crippen LogP contribution in [0.25, 0.3) is 10.9 Å². The second-order valence-corrected chi connectivity index (χ2v) is 9.90. The number of aromatic nitrogens is 2. The van der Waals surface area contributed by atoms with E-state index in [1.807, 2.05) is 4.90 Å². The van der Waals surface area contributed by atoms with Gasteiger partial charge in [-0.25, -0.2) is 14.8 Å². The van der Waals surface area contributed by atoms with Gasteiger partial charge in [-0.3, -0.25) is 9.69 Å². The predicted molar refractivity (Wildman–Crippen MR) is 137 cm³/mol. The summed E-state index contributed by atoms with van der Waals surface area (Å²) < 4.78 is 45.6. The molecule has 0 spiro atoms. The highest BCUT2D eigenvalue weighted by Gasteiger charge is 2.41. The van der Waals surface area contributed by atoms with E-state index in [1.165, 1.54) is 25.3 Å². The number of carbonyl (C=O) groups is 2. The third-order valence-electron chi connectivity index (χ3n) is 7.07. The molecule has 0 unspecified atom stereocenters. The number of aliphatic hydroxyl groups excluding tert-OH is 1. The molecular weight excluding hydrogens is 539 g/mol. The van der Waals surface area contributed by atoms with E-state index < -0.39 is 24.1 Å². The lowest BCUT2D eigenvalue weighted by atomic mass is 10.1. The molecular formula is C26H25ClF3N5O4. The van der Waals surface area contributed by atoms with E-state index in [0.29, 0.717) is 36.8 Å². The molecule has 206 valence electrons. The molecule has 39 heavy (non-hydrogen) atoms. The number of anilines is 1. The van der Waals surface area contributed by atoms with Gasteiger partial charge in [0.05, 0.1) is 30.3 Å². The zero-order valence-electron chi connectivity index (χ0n) is 20.9. The quantitative estimate of drug-likeness (QED) is 0.484. The number of amides is 1. The van der Waals surface area contributed by atoms with Gasteiger partial charge in [0.1, 0.15) is 5.82 Å². The van der Waals surface area contributed by atoms with Crippen molar-refractivity contribution in [1.29, 1.82) is 0 Å². The van der Waals surface area contributed by atoms with Crippen molar-refractivity contribution in [1.82, 2.24) is 19.8 Å². The normalized spacial score (nSPS) is 20.5. The minimum absolute atomic E-state index is 0.0174. The van der Waals surface area contributed by atoms with Crippen molar-refractivity contribution in [3.63, 3.8) is 0 Å². The van der Waals surface area contributed by atoms with Gasteiger partial charge in [-0.05, 0) is 42.5 Å². The molecule has 3 aromatic rings. The average Bonchev–Trinajstić information content (AvgIpc) is 3.32. The van der Waals surface area contributed by atoms with Crippen LogP contribution in [0.15, 0.2) is 42.5 Å². The fourth-order valence-corrected chi connectivity index (χ4v) is 5.18. The maximum atomic E-state index is 13.6. The maximum absolute atomic E-state index is 13.6. The molecule has 2 atom stereocenters. The molecule has 2 fully saturated rings. The highest BCUT2D eigenvalue weighted by molar-refractivity contribution is 6.30.